The fourth-order valence-electron chi connectivity index (χ4n) is 2.21. The maximum absolute atomic E-state index is 6.55. The van der Waals surface area contributed by atoms with E-state index in [0.29, 0.717) is 6.61 Å². The lowest BCUT2D eigenvalue weighted by atomic mass is 9.99. The molecule has 1 heterocycles. The van der Waals surface area contributed by atoms with E-state index >= 15 is 0 Å². The van der Waals surface area contributed by atoms with E-state index in [4.69, 9.17) is 16.3 Å². The molecular formula is C15H13ClO. The molecule has 0 saturated carbocycles. The Kier molecular flexibility index (Phi) is 2.56. The average Bonchev–Trinajstić information content (AvgIpc) is 2.48. The second kappa shape index (κ2) is 4.08. The molecule has 1 aliphatic rings. The predicted molar refractivity (Wildman–Crippen MR) is 69.6 cm³/mol. The van der Waals surface area contributed by atoms with Crippen LogP contribution in [0.5, 0.6) is 5.75 Å². The molecule has 1 unspecified atom stereocenters. The Hall–Kier alpha value is -1.47. The van der Waals surface area contributed by atoms with Gasteiger partial charge >= 0.3 is 0 Å². The number of hydrogen-bond donors (Lipinski definition) is 0. The van der Waals surface area contributed by atoms with E-state index in [1.807, 2.05) is 12.1 Å². The van der Waals surface area contributed by atoms with Gasteiger partial charge in [-0.05, 0) is 29.7 Å². The highest BCUT2D eigenvalue weighted by molar-refractivity contribution is 6.23. The minimum atomic E-state index is -0.121. The molecule has 2 heteroatoms. The highest BCUT2D eigenvalue weighted by Crippen LogP contribution is 2.39. The molecule has 0 amide bonds. The van der Waals surface area contributed by atoms with E-state index in [9.17, 15) is 0 Å². The van der Waals surface area contributed by atoms with Gasteiger partial charge in [0.1, 0.15) is 12.4 Å². The molecule has 0 bridgehead atoms. The maximum atomic E-state index is 6.55. The van der Waals surface area contributed by atoms with Crippen LogP contribution in [0.15, 0.2) is 42.5 Å². The van der Waals surface area contributed by atoms with Gasteiger partial charge in [0.2, 0.25) is 0 Å². The topological polar surface area (TPSA) is 9.23 Å². The smallest absolute Gasteiger partial charge is 0.125 e. The van der Waals surface area contributed by atoms with Gasteiger partial charge in [-0.3, -0.25) is 0 Å². The Morgan fingerprint density at radius 1 is 1.12 bits per heavy atom. The average molecular weight is 245 g/mol. The standard InChI is InChI=1S/C15H13ClO/c1-10-6-7-13-14(8-10)17-9-11-4-2-3-5-12(11)15(13)16/h2-8,15H,9H2,1H3. The van der Waals surface area contributed by atoms with Gasteiger partial charge in [-0.25, -0.2) is 0 Å². The molecule has 1 nitrogen and oxygen atoms in total. The molecule has 1 aliphatic heterocycles. The third-order valence-corrected chi connectivity index (χ3v) is 3.62. The Morgan fingerprint density at radius 3 is 2.82 bits per heavy atom. The van der Waals surface area contributed by atoms with Crippen LogP contribution < -0.4 is 4.74 Å². The van der Waals surface area contributed by atoms with Crippen LogP contribution in [0.2, 0.25) is 0 Å². The number of rotatable bonds is 0. The van der Waals surface area contributed by atoms with Crippen molar-refractivity contribution in [3.05, 3.63) is 64.7 Å². The van der Waals surface area contributed by atoms with E-state index in [1.54, 1.807) is 0 Å². The van der Waals surface area contributed by atoms with Crippen molar-refractivity contribution in [2.24, 2.45) is 0 Å². The lowest BCUT2D eigenvalue weighted by molar-refractivity contribution is 0.306. The van der Waals surface area contributed by atoms with E-state index in [1.165, 1.54) is 11.1 Å². The summed E-state index contributed by atoms with van der Waals surface area (Å²) >= 11 is 6.55. The molecule has 0 aromatic heterocycles. The summed E-state index contributed by atoms with van der Waals surface area (Å²) in [5, 5.41) is -0.121. The first-order chi connectivity index (χ1) is 8.25. The molecule has 17 heavy (non-hydrogen) atoms. The van der Waals surface area contributed by atoms with Crippen molar-refractivity contribution in [3.8, 4) is 5.75 Å². The van der Waals surface area contributed by atoms with E-state index < -0.39 is 0 Å². The molecule has 0 fully saturated rings. The van der Waals surface area contributed by atoms with Crippen LogP contribution in [0, 0.1) is 6.92 Å². The first kappa shape index (κ1) is 10.7. The van der Waals surface area contributed by atoms with Crippen LogP contribution in [0.3, 0.4) is 0 Å². The highest BCUT2D eigenvalue weighted by atomic mass is 35.5. The maximum Gasteiger partial charge on any atom is 0.125 e. The van der Waals surface area contributed by atoms with Crippen molar-refractivity contribution in [1.82, 2.24) is 0 Å². The monoisotopic (exact) mass is 244 g/mol. The van der Waals surface area contributed by atoms with Gasteiger partial charge in [-0.1, -0.05) is 36.4 Å². The quantitative estimate of drug-likeness (QED) is 0.631. The predicted octanol–water partition coefficient (Wildman–Crippen LogP) is 4.22. The van der Waals surface area contributed by atoms with E-state index in [2.05, 4.69) is 37.3 Å². The van der Waals surface area contributed by atoms with Crippen LogP contribution >= 0.6 is 11.6 Å². The molecule has 0 spiro atoms. The van der Waals surface area contributed by atoms with E-state index in [-0.39, 0.29) is 5.38 Å². The van der Waals surface area contributed by atoms with Gasteiger partial charge in [0, 0.05) is 5.56 Å². The molecular weight excluding hydrogens is 232 g/mol. The van der Waals surface area contributed by atoms with E-state index in [0.717, 1.165) is 16.9 Å². The molecule has 0 saturated heterocycles. The van der Waals surface area contributed by atoms with Crippen LogP contribution in [0.4, 0.5) is 0 Å². The summed E-state index contributed by atoms with van der Waals surface area (Å²) in [4.78, 5) is 0. The van der Waals surface area contributed by atoms with Gasteiger partial charge in [0.05, 0.1) is 5.38 Å². The van der Waals surface area contributed by atoms with Crippen LogP contribution in [0.1, 0.15) is 27.6 Å². The van der Waals surface area contributed by atoms with Gasteiger partial charge in [0.25, 0.3) is 0 Å². The summed E-state index contributed by atoms with van der Waals surface area (Å²) in [5.41, 5.74) is 4.57. The molecule has 2 aromatic rings. The van der Waals surface area contributed by atoms with Crippen molar-refractivity contribution >= 4 is 11.6 Å². The van der Waals surface area contributed by atoms with Crippen LogP contribution in [-0.4, -0.2) is 0 Å². The second-order valence-corrected chi connectivity index (χ2v) is 4.83. The van der Waals surface area contributed by atoms with Crippen molar-refractivity contribution in [2.75, 3.05) is 0 Å². The third-order valence-electron chi connectivity index (χ3n) is 3.15. The van der Waals surface area contributed by atoms with Gasteiger partial charge in [-0.2, -0.15) is 0 Å². The fourth-order valence-corrected chi connectivity index (χ4v) is 2.61. The first-order valence-corrected chi connectivity index (χ1v) is 6.14. The molecule has 0 aliphatic carbocycles. The number of halogens is 1. The Balaban J connectivity index is 2.16. The van der Waals surface area contributed by atoms with Gasteiger partial charge in [-0.15, -0.1) is 11.6 Å². The third kappa shape index (κ3) is 1.81. The number of alkyl halides is 1. The Bertz CT molecular complexity index is 563. The number of hydrogen-bond acceptors (Lipinski definition) is 1. The number of fused-ring (bicyclic) bond motifs is 2. The lowest BCUT2D eigenvalue weighted by Gasteiger charge is -2.12. The SMILES string of the molecule is Cc1ccc2c(c1)OCc1ccccc1C2Cl. The molecule has 0 radical (unpaired) electrons. The minimum absolute atomic E-state index is 0.121. The summed E-state index contributed by atoms with van der Waals surface area (Å²) in [6.07, 6.45) is 0. The van der Waals surface area contributed by atoms with Crippen LogP contribution in [0.25, 0.3) is 0 Å². The second-order valence-electron chi connectivity index (χ2n) is 4.39. The minimum Gasteiger partial charge on any atom is -0.489 e. The molecule has 0 N–H and O–H groups in total. The zero-order valence-corrected chi connectivity index (χ0v) is 10.4. The summed E-state index contributed by atoms with van der Waals surface area (Å²) in [7, 11) is 0. The summed E-state index contributed by atoms with van der Waals surface area (Å²) in [6.45, 7) is 2.65. The largest absolute Gasteiger partial charge is 0.489 e. The molecule has 1 atom stereocenters. The van der Waals surface area contributed by atoms with Crippen molar-refractivity contribution in [3.63, 3.8) is 0 Å². The first-order valence-electron chi connectivity index (χ1n) is 5.71. The van der Waals surface area contributed by atoms with Crippen molar-refractivity contribution in [2.45, 2.75) is 18.9 Å². The number of ether oxygens (including phenoxy) is 1. The highest BCUT2D eigenvalue weighted by Gasteiger charge is 2.22. The van der Waals surface area contributed by atoms with Crippen LogP contribution in [-0.2, 0) is 6.61 Å². The summed E-state index contributed by atoms with van der Waals surface area (Å²) in [5.74, 6) is 0.904. The normalized spacial score (nSPS) is 17.6. The molecule has 3 rings (SSSR count). The van der Waals surface area contributed by atoms with Gasteiger partial charge in [0.15, 0.2) is 0 Å². The van der Waals surface area contributed by atoms with Crippen molar-refractivity contribution < 1.29 is 4.74 Å². The molecule has 2 aromatic carbocycles. The lowest BCUT2D eigenvalue weighted by Crippen LogP contribution is -1.95. The van der Waals surface area contributed by atoms with Crippen molar-refractivity contribution in [1.29, 1.82) is 0 Å². The molecule has 86 valence electrons. The number of benzene rings is 2. The summed E-state index contributed by atoms with van der Waals surface area (Å²) < 4.78 is 5.84. The number of aryl methyl sites for hydroxylation is 1. The summed E-state index contributed by atoms with van der Waals surface area (Å²) in [6, 6.07) is 14.4. The fraction of sp³-hybridized carbons (Fsp3) is 0.200. The Labute approximate surface area is 106 Å². The zero-order valence-electron chi connectivity index (χ0n) is 9.61. The zero-order chi connectivity index (χ0) is 11.8. The Morgan fingerprint density at radius 2 is 1.94 bits per heavy atom. The van der Waals surface area contributed by atoms with Gasteiger partial charge < -0.3 is 4.74 Å².